The van der Waals surface area contributed by atoms with Crippen molar-refractivity contribution in [3.05, 3.63) is 35.8 Å². The smallest absolute Gasteiger partial charge is 0.253 e. The van der Waals surface area contributed by atoms with E-state index in [1.807, 2.05) is 0 Å². The Morgan fingerprint density at radius 1 is 1.55 bits per heavy atom. The molecule has 3 N–H and O–H groups in total. The lowest BCUT2D eigenvalue weighted by atomic mass is 10.0. The zero-order chi connectivity index (χ0) is 14.2. The van der Waals surface area contributed by atoms with E-state index in [0.29, 0.717) is 28.6 Å². The molecule has 0 saturated carbocycles. The van der Waals surface area contributed by atoms with E-state index in [9.17, 15) is 14.3 Å². The van der Waals surface area contributed by atoms with Gasteiger partial charge in [-0.25, -0.2) is 4.39 Å². The molecule has 1 fully saturated rings. The maximum Gasteiger partial charge on any atom is 0.253 e. The van der Waals surface area contributed by atoms with Crippen LogP contribution in [0.1, 0.15) is 16.8 Å². The topological polar surface area (TPSA) is 65.1 Å². The fourth-order valence-electron chi connectivity index (χ4n) is 2.36. The number of aliphatic hydroxyl groups is 1. The fraction of sp³-hybridized carbons (Fsp3) is 0.357. The summed E-state index contributed by atoms with van der Waals surface area (Å²) in [6.07, 6.45) is 2.25. The number of thioether (sulfide) groups is 1. The molecule has 1 saturated heterocycles. The molecule has 1 amide bonds. The number of nitrogens with one attached hydrogen (secondary N) is 2. The number of H-pyrrole nitrogens is 1. The van der Waals surface area contributed by atoms with Crippen molar-refractivity contribution < 1.29 is 14.3 Å². The highest BCUT2D eigenvalue weighted by Crippen LogP contribution is 2.27. The van der Waals surface area contributed by atoms with Gasteiger partial charge in [0.05, 0.1) is 11.2 Å². The van der Waals surface area contributed by atoms with Crippen molar-refractivity contribution in [2.24, 2.45) is 0 Å². The number of carbonyl (C=O) groups is 1. The third-order valence-corrected chi connectivity index (χ3v) is 4.78. The van der Waals surface area contributed by atoms with E-state index in [1.54, 1.807) is 24.0 Å². The van der Waals surface area contributed by atoms with Crippen LogP contribution in [0.3, 0.4) is 0 Å². The fourth-order valence-corrected chi connectivity index (χ4v) is 3.66. The quantitative estimate of drug-likeness (QED) is 0.810. The van der Waals surface area contributed by atoms with Crippen molar-refractivity contribution in [1.82, 2.24) is 10.3 Å². The van der Waals surface area contributed by atoms with Gasteiger partial charge in [0.2, 0.25) is 0 Å². The van der Waals surface area contributed by atoms with Crippen LogP contribution in [0.2, 0.25) is 0 Å². The van der Waals surface area contributed by atoms with Gasteiger partial charge in [-0.3, -0.25) is 4.79 Å². The minimum absolute atomic E-state index is 0.243. The Morgan fingerprint density at radius 3 is 3.15 bits per heavy atom. The van der Waals surface area contributed by atoms with Gasteiger partial charge >= 0.3 is 0 Å². The number of amides is 1. The van der Waals surface area contributed by atoms with Gasteiger partial charge < -0.3 is 15.4 Å². The molecule has 0 bridgehead atoms. The molecule has 4 nitrogen and oxygen atoms in total. The van der Waals surface area contributed by atoms with E-state index in [0.717, 1.165) is 5.75 Å². The zero-order valence-electron chi connectivity index (χ0n) is 10.8. The van der Waals surface area contributed by atoms with Crippen LogP contribution < -0.4 is 5.32 Å². The molecule has 1 aromatic heterocycles. The van der Waals surface area contributed by atoms with Crippen molar-refractivity contribution in [2.75, 3.05) is 18.1 Å². The van der Waals surface area contributed by atoms with Gasteiger partial charge in [-0.2, -0.15) is 11.8 Å². The summed E-state index contributed by atoms with van der Waals surface area (Å²) in [6, 6.07) is 4.26. The first kappa shape index (κ1) is 13.5. The molecule has 1 aliphatic rings. The molecular weight excluding hydrogens is 279 g/mol. The van der Waals surface area contributed by atoms with E-state index in [-0.39, 0.29) is 18.3 Å². The van der Waals surface area contributed by atoms with E-state index in [2.05, 4.69) is 10.3 Å². The number of fused-ring (bicyclic) bond motifs is 1. The Hall–Kier alpha value is -1.53. The van der Waals surface area contributed by atoms with Crippen molar-refractivity contribution in [3.8, 4) is 0 Å². The van der Waals surface area contributed by atoms with Gasteiger partial charge in [0.25, 0.3) is 5.91 Å². The van der Waals surface area contributed by atoms with E-state index in [1.165, 1.54) is 12.1 Å². The molecule has 2 aromatic rings. The highest BCUT2D eigenvalue weighted by molar-refractivity contribution is 7.99. The van der Waals surface area contributed by atoms with Gasteiger partial charge in [0.1, 0.15) is 5.82 Å². The molecular formula is C14H15FN2O2S. The monoisotopic (exact) mass is 294 g/mol. The summed E-state index contributed by atoms with van der Waals surface area (Å²) >= 11 is 1.69. The van der Waals surface area contributed by atoms with Crippen LogP contribution >= 0.6 is 11.8 Å². The molecule has 3 rings (SSSR count). The first-order chi connectivity index (χ1) is 9.57. The largest absolute Gasteiger partial charge is 0.387 e. The summed E-state index contributed by atoms with van der Waals surface area (Å²) in [5.41, 5.74) is 0.248. The van der Waals surface area contributed by atoms with Gasteiger partial charge in [-0.05, 0) is 30.4 Å². The minimum Gasteiger partial charge on any atom is -0.387 e. The third-order valence-electron chi connectivity index (χ3n) is 3.55. The van der Waals surface area contributed by atoms with Crippen LogP contribution in [0.25, 0.3) is 10.9 Å². The molecule has 0 spiro atoms. The Morgan fingerprint density at radius 2 is 2.40 bits per heavy atom. The second-order valence-corrected chi connectivity index (χ2v) is 6.21. The summed E-state index contributed by atoms with van der Waals surface area (Å²) in [5.74, 6) is 0.960. The van der Waals surface area contributed by atoms with Gasteiger partial charge in [-0.15, -0.1) is 0 Å². The lowest BCUT2D eigenvalue weighted by Crippen LogP contribution is -2.42. The maximum atomic E-state index is 13.1. The molecule has 6 heteroatoms. The first-order valence-electron chi connectivity index (χ1n) is 6.42. The lowest BCUT2D eigenvalue weighted by Gasteiger charge is -2.21. The molecule has 20 heavy (non-hydrogen) atoms. The Labute approximate surface area is 119 Å². The molecule has 106 valence electrons. The average Bonchev–Trinajstić information content (AvgIpc) is 3.02. The van der Waals surface area contributed by atoms with Crippen molar-refractivity contribution in [1.29, 1.82) is 0 Å². The standard InChI is InChI=1S/C14H15FN2O2S/c15-9-1-2-10-11(6-16-12(10)5-9)13(18)17-7-14(19)3-4-20-8-14/h1-2,5-6,16,19H,3-4,7-8H2,(H,17,18). The predicted molar refractivity (Wildman–Crippen MR) is 77.5 cm³/mol. The summed E-state index contributed by atoms with van der Waals surface area (Å²) in [7, 11) is 0. The summed E-state index contributed by atoms with van der Waals surface area (Å²) in [4.78, 5) is 15.0. The van der Waals surface area contributed by atoms with Crippen LogP contribution in [0, 0.1) is 5.82 Å². The number of hydrogen-bond donors (Lipinski definition) is 3. The number of aromatic nitrogens is 1. The van der Waals surface area contributed by atoms with Crippen molar-refractivity contribution in [2.45, 2.75) is 12.0 Å². The Balaban J connectivity index is 1.75. The number of benzene rings is 1. The van der Waals surface area contributed by atoms with Gasteiger partial charge in [0.15, 0.2) is 0 Å². The average molecular weight is 294 g/mol. The van der Waals surface area contributed by atoms with Crippen LogP contribution in [-0.4, -0.2) is 39.6 Å². The van der Waals surface area contributed by atoms with Crippen LogP contribution in [-0.2, 0) is 0 Å². The maximum absolute atomic E-state index is 13.1. The highest BCUT2D eigenvalue weighted by atomic mass is 32.2. The minimum atomic E-state index is -0.807. The van der Waals surface area contributed by atoms with Crippen LogP contribution in [0.15, 0.2) is 24.4 Å². The molecule has 0 aliphatic carbocycles. The second-order valence-electron chi connectivity index (χ2n) is 5.10. The normalized spacial score (nSPS) is 22.3. The molecule has 1 aliphatic heterocycles. The van der Waals surface area contributed by atoms with Crippen LogP contribution in [0.4, 0.5) is 4.39 Å². The molecule has 1 aromatic carbocycles. The van der Waals surface area contributed by atoms with Crippen LogP contribution in [0.5, 0.6) is 0 Å². The SMILES string of the molecule is O=C(NCC1(O)CCSC1)c1c[nH]c2cc(F)ccc12. The van der Waals surface area contributed by atoms with E-state index < -0.39 is 5.60 Å². The Kier molecular flexibility index (Phi) is 3.43. The highest BCUT2D eigenvalue weighted by Gasteiger charge is 2.32. The molecule has 1 atom stereocenters. The summed E-state index contributed by atoms with van der Waals surface area (Å²) in [6.45, 7) is 0.243. The lowest BCUT2D eigenvalue weighted by molar-refractivity contribution is 0.0613. The zero-order valence-corrected chi connectivity index (χ0v) is 11.6. The number of hydrogen-bond acceptors (Lipinski definition) is 3. The number of carbonyl (C=O) groups excluding carboxylic acids is 1. The third kappa shape index (κ3) is 2.53. The number of aromatic amines is 1. The van der Waals surface area contributed by atoms with Gasteiger partial charge in [0, 0.05) is 29.4 Å². The van der Waals surface area contributed by atoms with Gasteiger partial charge in [-0.1, -0.05) is 0 Å². The second kappa shape index (κ2) is 5.10. The summed E-state index contributed by atoms with van der Waals surface area (Å²) in [5, 5.41) is 13.6. The van der Waals surface area contributed by atoms with Crippen molar-refractivity contribution in [3.63, 3.8) is 0 Å². The molecule has 0 radical (unpaired) electrons. The molecule has 1 unspecified atom stereocenters. The predicted octanol–water partition coefficient (Wildman–Crippen LogP) is 1.90. The summed E-state index contributed by atoms with van der Waals surface area (Å²) < 4.78 is 13.1. The van der Waals surface area contributed by atoms with E-state index >= 15 is 0 Å². The molecule has 2 heterocycles. The number of halogens is 1. The number of rotatable bonds is 3. The Bertz CT molecular complexity index is 650. The van der Waals surface area contributed by atoms with Crippen molar-refractivity contribution >= 4 is 28.6 Å². The first-order valence-corrected chi connectivity index (χ1v) is 7.58. The van der Waals surface area contributed by atoms with E-state index in [4.69, 9.17) is 0 Å².